The predicted molar refractivity (Wildman–Crippen MR) is 85.5 cm³/mol. The van der Waals surface area contributed by atoms with Gasteiger partial charge in [-0.3, -0.25) is 0 Å². The Labute approximate surface area is 129 Å². The maximum atomic E-state index is 5.91. The van der Waals surface area contributed by atoms with Crippen molar-refractivity contribution in [2.45, 2.75) is 31.3 Å². The Balaban J connectivity index is 1.46. The fourth-order valence-electron chi connectivity index (χ4n) is 2.66. The van der Waals surface area contributed by atoms with Gasteiger partial charge < -0.3 is 5.32 Å². The van der Waals surface area contributed by atoms with E-state index in [2.05, 4.69) is 29.6 Å². The van der Waals surface area contributed by atoms with Crippen LogP contribution in [0.2, 0.25) is 10.0 Å². The summed E-state index contributed by atoms with van der Waals surface area (Å²) in [6, 6.07) is 16.9. The summed E-state index contributed by atoms with van der Waals surface area (Å²) in [7, 11) is 0. The van der Waals surface area contributed by atoms with E-state index in [4.69, 9.17) is 23.2 Å². The van der Waals surface area contributed by atoms with Crippen LogP contribution in [0.1, 0.15) is 29.9 Å². The zero-order valence-electron chi connectivity index (χ0n) is 11.2. The number of rotatable bonds is 4. The molecule has 0 radical (unpaired) electrons. The third-order valence-corrected chi connectivity index (χ3v) is 4.49. The van der Waals surface area contributed by atoms with Gasteiger partial charge in [0.25, 0.3) is 0 Å². The van der Waals surface area contributed by atoms with Crippen LogP contribution in [-0.2, 0) is 6.54 Å². The molecule has 1 nitrogen and oxygen atoms in total. The van der Waals surface area contributed by atoms with Gasteiger partial charge in [-0.2, -0.15) is 0 Å². The van der Waals surface area contributed by atoms with E-state index >= 15 is 0 Å². The Morgan fingerprint density at radius 2 is 1.40 bits per heavy atom. The highest BCUT2D eigenvalue weighted by Gasteiger charge is 2.29. The van der Waals surface area contributed by atoms with Crippen molar-refractivity contribution in [3.8, 4) is 0 Å². The second kappa shape index (κ2) is 6.17. The standard InChI is InChI=1S/C17H17Cl2N/c18-15-5-1-12(2-6-15)11-20-17-9-14(10-17)13-3-7-16(19)8-4-13/h1-8,14,17,20H,9-11H2. The number of hydrogen-bond acceptors (Lipinski definition) is 1. The summed E-state index contributed by atoms with van der Waals surface area (Å²) < 4.78 is 0. The van der Waals surface area contributed by atoms with Crippen molar-refractivity contribution in [2.24, 2.45) is 0 Å². The first-order valence-corrected chi connectivity index (χ1v) is 7.69. The number of halogens is 2. The largest absolute Gasteiger partial charge is 0.310 e. The fraction of sp³-hybridized carbons (Fsp3) is 0.294. The topological polar surface area (TPSA) is 12.0 Å². The first kappa shape index (κ1) is 13.9. The number of benzene rings is 2. The van der Waals surface area contributed by atoms with Crippen molar-refractivity contribution in [1.29, 1.82) is 0 Å². The van der Waals surface area contributed by atoms with Crippen molar-refractivity contribution >= 4 is 23.2 Å². The highest BCUT2D eigenvalue weighted by molar-refractivity contribution is 6.30. The molecule has 1 aliphatic rings. The van der Waals surface area contributed by atoms with Crippen molar-refractivity contribution < 1.29 is 0 Å². The van der Waals surface area contributed by atoms with Gasteiger partial charge >= 0.3 is 0 Å². The van der Waals surface area contributed by atoms with Gasteiger partial charge in [0.2, 0.25) is 0 Å². The summed E-state index contributed by atoms with van der Waals surface area (Å²) in [6.07, 6.45) is 2.41. The summed E-state index contributed by atoms with van der Waals surface area (Å²) >= 11 is 11.8. The fourth-order valence-corrected chi connectivity index (χ4v) is 2.91. The molecule has 0 aliphatic heterocycles. The summed E-state index contributed by atoms with van der Waals surface area (Å²) in [4.78, 5) is 0. The molecule has 20 heavy (non-hydrogen) atoms. The van der Waals surface area contributed by atoms with E-state index in [0.29, 0.717) is 12.0 Å². The van der Waals surface area contributed by atoms with E-state index in [1.807, 2.05) is 24.3 Å². The van der Waals surface area contributed by atoms with Gasteiger partial charge in [-0.1, -0.05) is 47.5 Å². The third kappa shape index (κ3) is 3.35. The molecule has 0 unspecified atom stereocenters. The summed E-state index contributed by atoms with van der Waals surface area (Å²) in [6.45, 7) is 0.912. The molecule has 1 fully saturated rings. The van der Waals surface area contributed by atoms with Gasteiger partial charge in [0, 0.05) is 22.6 Å². The van der Waals surface area contributed by atoms with E-state index in [-0.39, 0.29) is 0 Å². The first-order valence-electron chi connectivity index (χ1n) is 6.94. The predicted octanol–water partition coefficient (Wildman–Crippen LogP) is 5.03. The Hall–Kier alpha value is -1.02. The molecule has 0 bridgehead atoms. The van der Waals surface area contributed by atoms with Crippen LogP contribution >= 0.6 is 23.2 Å². The highest BCUT2D eigenvalue weighted by atomic mass is 35.5. The minimum absolute atomic E-state index is 0.617. The Bertz CT molecular complexity index is 554. The SMILES string of the molecule is Clc1ccc(CNC2CC(c3ccc(Cl)cc3)C2)cc1. The van der Waals surface area contributed by atoms with Gasteiger partial charge in [-0.05, 0) is 54.2 Å². The average molecular weight is 306 g/mol. The lowest BCUT2D eigenvalue weighted by Crippen LogP contribution is -2.39. The maximum absolute atomic E-state index is 5.91. The first-order chi connectivity index (χ1) is 9.70. The van der Waals surface area contributed by atoms with E-state index in [0.717, 1.165) is 16.6 Å². The zero-order chi connectivity index (χ0) is 13.9. The van der Waals surface area contributed by atoms with E-state index in [1.165, 1.54) is 24.0 Å². The van der Waals surface area contributed by atoms with E-state index in [1.54, 1.807) is 0 Å². The molecule has 0 aromatic heterocycles. The normalized spacial score (nSPS) is 21.5. The maximum Gasteiger partial charge on any atom is 0.0406 e. The second-order valence-corrected chi connectivity index (χ2v) is 6.30. The van der Waals surface area contributed by atoms with Crippen molar-refractivity contribution in [1.82, 2.24) is 5.32 Å². The lowest BCUT2D eigenvalue weighted by atomic mass is 9.76. The molecule has 3 heteroatoms. The van der Waals surface area contributed by atoms with Crippen LogP contribution in [-0.4, -0.2) is 6.04 Å². The minimum atomic E-state index is 0.617. The summed E-state index contributed by atoms with van der Waals surface area (Å²) in [5.41, 5.74) is 2.68. The Morgan fingerprint density at radius 1 is 0.850 bits per heavy atom. The molecule has 1 aliphatic carbocycles. The molecule has 0 saturated heterocycles. The number of hydrogen-bond donors (Lipinski definition) is 1. The quantitative estimate of drug-likeness (QED) is 0.835. The van der Waals surface area contributed by atoms with Crippen LogP contribution in [0, 0.1) is 0 Å². The van der Waals surface area contributed by atoms with Crippen LogP contribution in [0.5, 0.6) is 0 Å². The molecular weight excluding hydrogens is 289 g/mol. The second-order valence-electron chi connectivity index (χ2n) is 5.42. The number of nitrogens with one attached hydrogen (secondary N) is 1. The molecule has 0 atom stereocenters. The van der Waals surface area contributed by atoms with Crippen molar-refractivity contribution in [3.63, 3.8) is 0 Å². The van der Waals surface area contributed by atoms with Crippen molar-refractivity contribution in [3.05, 3.63) is 69.7 Å². The monoisotopic (exact) mass is 305 g/mol. The Kier molecular flexibility index (Phi) is 4.30. The van der Waals surface area contributed by atoms with Crippen LogP contribution in [0.3, 0.4) is 0 Å². The molecule has 0 amide bonds. The average Bonchev–Trinajstić information content (AvgIpc) is 2.41. The molecule has 3 rings (SSSR count). The lowest BCUT2D eigenvalue weighted by molar-refractivity contribution is 0.289. The van der Waals surface area contributed by atoms with Crippen molar-refractivity contribution in [2.75, 3.05) is 0 Å². The molecular formula is C17H17Cl2N. The van der Waals surface area contributed by atoms with E-state index in [9.17, 15) is 0 Å². The van der Waals surface area contributed by atoms with Gasteiger partial charge in [-0.25, -0.2) is 0 Å². The molecule has 1 N–H and O–H groups in total. The zero-order valence-corrected chi connectivity index (χ0v) is 12.7. The third-order valence-electron chi connectivity index (χ3n) is 3.99. The molecule has 0 heterocycles. The minimum Gasteiger partial charge on any atom is -0.310 e. The van der Waals surface area contributed by atoms with E-state index < -0.39 is 0 Å². The summed E-state index contributed by atoms with van der Waals surface area (Å²) in [5, 5.41) is 5.20. The highest BCUT2D eigenvalue weighted by Crippen LogP contribution is 2.37. The molecule has 2 aromatic carbocycles. The molecule has 104 valence electrons. The van der Waals surface area contributed by atoms with Crippen LogP contribution in [0.15, 0.2) is 48.5 Å². The lowest BCUT2D eigenvalue weighted by Gasteiger charge is -2.36. The molecule has 1 saturated carbocycles. The van der Waals surface area contributed by atoms with Crippen LogP contribution in [0.25, 0.3) is 0 Å². The van der Waals surface area contributed by atoms with Gasteiger partial charge in [-0.15, -0.1) is 0 Å². The van der Waals surface area contributed by atoms with Gasteiger partial charge in [0.15, 0.2) is 0 Å². The summed E-state index contributed by atoms with van der Waals surface area (Å²) in [5.74, 6) is 0.676. The Morgan fingerprint density at radius 3 is 2.00 bits per heavy atom. The van der Waals surface area contributed by atoms with Crippen LogP contribution in [0.4, 0.5) is 0 Å². The van der Waals surface area contributed by atoms with Crippen LogP contribution < -0.4 is 5.32 Å². The van der Waals surface area contributed by atoms with Gasteiger partial charge in [0.1, 0.15) is 0 Å². The molecule has 2 aromatic rings. The molecule has 0 spiro atoms. The van der Waals surface area contributed by atoms with Gasteiger partial charge in [0.05, 0.1) is 0 Å². The smallest absolute Gasteiger partial charge is 0.0406 e.